The van der Waals surface area contributed by atoms with E-state index < -0.39 is 0 Å². The molecule has 8 nitrogen and oxygen atoms in total. The molecule has 0 aromatic rings. The summed E-state index contributed by atoms with van der Waals surface area (Å²) in [5.74, 6) is 4.29. The zero-order chi connectivity index (χ0) is 26.8. The minimum atomic E-state index is 0. The molecule has 4 rings (SSSR count). The molecule has 0 aromatic heterocycles. The van der Waals surface area contributed by atoms with Gasteiger partial charge < -0.3 is 118 Å². The van der Waals surface area contributed by atoms with Gasteiger partial charge in [0.1, 0.15) is 0 Å². The first-order valence-corrected chi connectivity index (χ1v) is 17.5. The molecule has 4 saturated heterocycles. The Morgan fingerprint density at radius 2 is 0.676 bits per heavy atom. The van der Waals surface area contributed by atoms with Crippen LogP contribution < -0.4 is 21.3 Å². The summed E-state index contributed by atoms with van der Waals surface area (Å²) in [6.07, 6.45) is 0. The van der Waals surface area contributed by atoms with E-state index in [1.54, 1.807) is 47.0 Å². The third-order valence-corrected chi connectivity index (χ3v) is 8.33. The zero-order valence-corrected chi connectivity index (χ0v) is 30.7. The summed E-state index contributed by atoms with van der Waals surface area (Å²) in [6.45, 7) is 3.92. The topological polar surface area (TPSA) is 85.0 Å². The Morgan fingerprint density at radius 3 is 0.784 bits per heavy atom. The standard InChI is InChI=1S/4C4H7NOS3.Mo/c4*7-4(8)6-3-5-1-2-9-3;/h4*3,5H,1-2H2,(H,7,8);/q;;;;+4/p-4. The van der Waals surface area contributed by atoms with Crippen LogP contribution in [0.2, 0.25) is 0 Å². The van der Waals surface area contributed by atoms with Crippen molar-refractivity contribution in [3.8, 4) is 0 Å². The Labute approximate surface area is 293 Å². The Morgan fingerprint density at radius 1 is 0.486 bits per heavy atom. The molecular formula is C16H24MoN4O4S12. The van der Waals surface area contributed by atoms with Gasteiger partial charge >= 0.3 is 21.1 Å². The maximum Gasteiger partial charge on any atom is 4.00 e. The Balaban J connectivity index is 0.000000463. The maximum absolute atomic E-state index is 5.01. The summed E-state index contributed by atoms with van der Waals surface area (Å²) in [4.78, 5) is 0. The van der Waals surface area contributed by atoms with E-state index in [1.165, 1.54) is 0 Å². The van der Waals surface area contributed by atoms with E-state index >= 15 is 0 Å². The molecule has 0 bridgehead atoms. The van der Waals surface area contributed by atoms with E-state index in [2.05, 4.69) is 121 Å². The third kappa shape index (κ3) is 23.6. The second-order valence-corrected chi connectivity index (χ2v) is 14.8. The smallest absolute Gasteiger partial charge is 0.486 e. The van der Waals surface area contributed by atoms with Crippen molar-refractivity contribution in [3.63, 3.8) is 0 Å². The average Bonchev–Trinajstić information content (AvgIpc) is 3.58. The molecule has 4 atom stereocenters. The van der Waals surface area contributed by atoms with Crippen molar-refractivity contribution in [2.24, 2.45) is 0 Å². The van der Waals surface area contributed by atoms with Crippen LogP contribution in [0.3, 0.4) is 0 Å². The van der Waals surface area contributed by atoms with E-state index in [9.17, 15) is 0 Å². The number of ether oxygens (including phenoxy) is 4. The molecule has 21 heteroatoms. The molecule has 0 spiro atoms. The van der Waals surface area contributed by atoms with Crippen molar-refractivity contribution in [2.75, 3.05) is 49.2 Å². The fourth-order valence-corrected chi connectivity index (χ4v) is 6.92. The monoisotopic (exact) mass is 818 g/mol. The summed E-state index contributed by atoms with van der Waals surface area (Å²) < 4.78 is 20.8. The van der Waals surface area contributed by atoms with Crippen molar-refractivity contribution in [1.82, 2.24) is 21.3 Å². The number of hydrogen-bond donors (Lipinski definition) is 4. The van der Waals surface area contributed by atoms with Crippen LogP contribution in [0.15, 0.2) is 0 Å². The third-order valence-electron chi connectivity index (χ3n) is 3.54. The molecule has 4 fully saturated rings. The molecule has 0 amide bonds. The molecule has 0 radical (unpaired) electrons. The zero-order valence-electron chi connectivity index (χ0n) is 18.9. The minimum Gasteiger partial charge on any atom is -0.486 e. The normalized spacial score (nSPS) is 25.3. The van der Waals surface area contributed by atoms with Gasteiger partial charge in [0, 0.05) is 66.7 Å². The van der Waals surface area contributed by atoms with Crippen LogP contribution in [0.25, 0.3) is 0 Å². The first-order chi connectivity index (χ1) is 17.2. The summed E-state index contributed by atoms with van der Waals surface area (Å²) in [5.41, 5.74) is 0.0370. The summed E-state index contributed by atoms with van der Waals surface area (Å²) >= 11 is 43.3. The van der Waals surface area contributed by atoms with Crippen molar-refractivity contribution < 1.29 is 40.0 Å². The molecule has 0 aliphatic carbocycles. The van der Waals surface area contributed by atoms with Crippen molar-refractivity contribution >= 4 is 164 Å². The molecule has 37 heavy (non-hydrogen) atoms. The molecule has 0 aromatic carbocycles. The SMILES string of the molecule is S=C([S-])OC1NCCS1.S=C([S-])OC1NCCS1.S=C([S-])OC1NCCS1.S=C([S-])OC1NCCS1.[Mo+4]. The largest absolute Gasteiger partial charge is 4.00 e. The first kappa shape index (κ1) is 39.4. The van der Waals surface area contributed by atoms with E-state index in [0.717, 1.165) is 49.2 Å². The molecule has 4 unspecified atom stereocenters. The number of thioether (sulfide) groups is 4. The van der Waals surface area contributed by atoms with Gasteiger partial charge in [-0.05, 0) is 0 Å². The Bertz CT molecular complexity index is 568. The van der Waals surface area contributed by atoms with Gasteiger partial charge in [0.15, 0.2) is 22.2 Å². The van der Waals surface area contributed by atoms with Crippen LogP contribution in [-0.4, -0.2) is 89.0 Å². The van der Waals surface area contributed by atoms with Crippen LogP contribution in [0.5, 0.6) is 0 Å². The number of rotatable bonds is 4. The summed E-state index contributed by atoms with van der Waals surface area (Å²) in [6, 6.07) is 0. The molecule has 4 N–H and O–H groups in total. The summed E-state index contributed by atoms with van der Waals surface area (Å²) in [7, 11) is 0. The van der Waals surface area contributed by atoms with Gasteiger partial charge in [-0.1, -0.05) is 0 Å². The Kier molecular flexibility index (Phi) is 26.5. The minimum absolute atomic E-state index is 0. The molecule has 210 valence electrons. The fourth-order valence-electron chi connectivity index (χ4n) is 2.26. The van der Waals surface area contributed by atoms with Crippen LogP contribution in [0.1, 0.15) is 0 Å². The van der Waals surface area contributed by atoms with E-state index in [4.69, 9.17) is 18.9 Å². The number of hydrogen-bond acceptors (Lipinski definition) is 20. The van der Waals surface area contributed by atoms with Gasteiger partial charge in [0.2, 0.25) is 0 Å². The van der Waals surface area contributed by atoms with Gasteiger partial charge in [-0.25, -0.2) is 0 Å². The predicted octanol–water partition coefficient (Wildman–Crippen LogP) is 1.82. The quantitative estimate of drug-likeness (QED) is 0.189. The second kappa shape index (κ2) is 24.9. The molecule has 0 saturated carbocycles. The van der Waals surface area contributed by atoms with Gasteiger partial charge in [0.05, 0.1) is 0 Å². The maximum atomic E-state index is 5.01. The fraction of sp³-hybridized carbons (Fsp3) is 0.750. The predicted molar refractivity (Wildman–Crippen MR) is 181 cm³/mol. The van der Waals surface area contributed by atoms with Gasteiger partial charge in [0.25, 0.3) is 0 Å². The van der Waals surface area contributed by atoms with Crippen LogP contribution in [-0.2, 0) is 90.5 Å². The molecule has 4 aliphatic rings. The molecular weight excluding hydrogens is 793 g/mol. The van der Waals surface area contributed by atoms with E-state index in [1.807, 2.05) is 0 Å². The van der Waals surface area contributed by atoms with Crippen LogP contribution >= 0.6 is 95.9 Å². The van der Waals surface area contributed by atoms with Gasteiger partial charge in [-0.2, -0.15) is 0 Å². The van der Waals surface area contributed by atoms with Crippen molar-refractivity contribution in [1.29, 1.82) is 0 Å². The van der Waals surface area contributed by atoms with Crippen molar-refractivity contribution in [3.05, 3.63) is 0 Å². The first-order valence-electron chi connectivity index (χ1n) is 10.1. The second-order valence-electron chi connectivity index (χ2n) is 6.10. The molecule has 4 heterocycles. The molecule has 4 aliphatic heterocycles. The Hall–Kier alpha value is 2.37. The van der Waals surface area contributed by atoms with Crippen molar-refractivity contribution in [2.45, 2.75) is 22.2 Å². The van der Waals surface area contributed by atoms with Crippen LogP contribution in [0.4, 0.5) is 0 Å². The average molecular weight is 817 g/mol. The van der Waals surface area contributed by atoms with E-state index in [-0.39, 0.29) is 60.8 Å². The van der Waals surface area contributed by atoms with E-state index in [0.29, 0.717) is 0 Å². The van der Waals surface area contributed by atoms with Gasteiger partial charge in [-0.15, -0.1) is 47.0 Å². The van der Waals surface area contributed by atoms with Gasteiger partial charge in [-0.3, -0.25) is 21.3 Å². The number of thiocarbonyl (C=S) groups is 4. The number of nitrogens with one attached hydrogen (secondary N) is 4. The summed E-state index contributed by atoms with van der Waals surface area (Å²) in [5, 5.41) is 12.3. The van der Waals surface area contributed by atoms with Crippen LogP contribution in [0, 0.1) is 0 Å².